The van der Waals surface area contributed by atoms with Gasteiger partial charge in [-0.25, -0.2) is 0 Å². The van der Waals surface area contributed by atoms with Gasteiger partial charge in [0.25, 0.3) is 0 Å². The molecule has 0 heterocycles. The van der Waals surface area contributed by atoms with Gasteiger partial charge in [0.1, 0.15) is 0 Å². The molecule has 0 radical (unpaired) electrons. The number of unbranched alkanes of at least 4 members (excludes halogenated alkanes) is 9. The molecule has 0 N–H and O–H groups in total. The summed E-state index contributed by atoms with van der Waals surface area (Å²) in [5.74, 6) is 0. The number of hydrogen-bond acceptors (Lipinski definition) is 2. The molecule has 0 aromatic carbocycles. The van der Waals surface area contributed by atoms with Crippen molar-refractivity contribution in [2.75, 3.05) is 26.2 Å². The van der Waals surface area contributed by atoms with Crippen molar-refractivity contribution in [3.63, 3.8) is 0 Å². The number of ether oxygens (including phenoxy) is 1. The van der Waals surface area contributed by atoms with Crippen LogP contribution < -0.4 is 0 Å². The highest BCUT2D eigenvalue weighted by Gasteiger charge is 2.05. The molecule has 0 aromatic heterocycles. The first-order valence-corrected chi connectivity index (χ1v) is 12.4. The summed E-state index contributed by atoms with van der Waals surface area (Å²) in [4.78, 5) is 2.47. The highest BCUT2D eigenvalue weighted by molar-refractivity contribution is 4.92. The van der Waals surface area contributed by atoms with E-state index in [-0.39, 0.29) is 0 Å². The predicted octanol–water partition coefficient (Wildman–Crippen LogP) is 7.94. The van der Waals surface area contributed by atoms with Crippen molar-refractivity contribution in [1.82, 2.24) is 4.90 Å². The van der Waals surface area contributed by atoms with Gasteiger partial charge < -0.3 is 9.64 Å². The summed E-state index contributed by atoms with van der Waals surface area (Å²) in [6, 6.07) is 0. The maximum absolute atomic E-state index is 5.96. The van der Waals surface area contributed by atoms with Gasteiger partial charge in [-0.3, -0.25) is 0 Å². The third-order valence-corrected chi connectivity index (χ3v) is 5.49. The molecule has 0 aliphatic heterocycles. The van der Waals surface area contributed by atoms with Crippen LogP contribution in [0.3, 0.4) is 0 Å². The Morgan fingerprint density at radius 3 is 1.89 bits per heavy atom. The van der Waals surface area contributed by atoms with Crippen LogP contribution in [0.2, 0.25) is 0 Å². The van der Waals surface area contributed by atoms with Crippen LogP contribution in [0.4, 0.5) is 0 Å². The van der Waals surface area contributed by atoms with E-state index in [0.717, 1.165) is 39.1 Å². The average molecular weight is 394 g/mol. The van der Waals surface area contributed by atoms with E-state index < -0.39 is 0 Å². The first-order valence-electron chi connectivity index (χ1n) is 12.4. The Labute approximate surface area is 177 Å². The van der Waals surface area contributed by atoms with E-state index in [1.165, 1.54) is 70.6 Å². The SMILES string of the molecule is CCCCC/C=C\C/C=C\CCCCCCCCOC(C)CCN(CC)CC. The summed E-state index contributed by atoms with van der Waals surface area (Å²) in [5, 5.41) is 0. The quantitative estimate of drug-likeness (QED) is 0.145. The molecule has 166 valence electrons. The normalized spacial score (nSPS) is 13.3. The van der Waals surface area contributed by atoms with E-state index in [9.17, 15) is 0 Å². The van der Waals surface area contributed by atoms with Gasteiger partial charge in [-0.05, 0) is 65.0 Å². The van der Waals surface area contributed by atoms with Crippen LogP contribution in [0.1, 0.15) is 111 Å². The summed E-state index contributed by atoms with van der Waals surface area (Å²) in [6.45, 7) is 13.4. The van der Waals surface area contributed by atoms with Crippen LogP contribution >= 0.6 is 0 Å². The highest BCUT2D eigenvalue weighted by atomic mass is 16.5. The first-order chi connectivity index (χ1) is 13.7. The van der Waals surface area contributed by atoms with E-state index >= 15 is 0 Å². The molecule has 0 saturated carbocycles. The molecular formula is C26H51NO. The minimum Gasteiger partial charge on any atom is -0.378 e. The Kier molecular flexibility index (Phi) is 22.2. The lowest BCUT2D eigenvalue weighted by Gasteiger charge is -2.20. The first kappa shape index (κ1) is 27.4. The fourth-order valence-corrected chi connectivity index (χ4v) is 3.36. The average Bonchev–Trinajstić information content (AvgIpc) is 2.71. The predicted molar refractivity (Wildman–Crippen MR) is 127 cm³/mol. The number of rotatable bonds is 21. The Bertz CT molecular complexity index is 346. The highest BCUT2D eigenvalue weighted by Crippen LogP contribution is 2.09. The molecule has 0 rings (SSSR count). The Hall–Kier alpha value is -0.600. The molecular weight excluding hydrogens is 342 g/mol. The smallest absolute Gasteiger partial charge is 0.0559 e. The van der Waals surface area contributed by atoms with Crippen LogP contribution in [-0.2, 0) is 4.74 Å². The van der Waals surface area contributed by atoms with Crippen molar-refractivity contribution < 1.29 is 4.74 Å². The van der Waals surface area contributed by atoms with Crippen molar-refractivity contribution in [3.8, 4) is 0 Å². The van der Waals surface area contributed by atoms with E-state index in [1.807, 2.05) is 0 Å². The third kappa shape index (κ3) is 20.1. The molecule has 0 spiro atoms. The van der Waals surface area contributed by atoms with E-state index in [0.29, 0.717) is 6.10 Å². The molecule has 2 heteroatoms. The summed E-state index contributed by atoms with van der Waals surface area (Å²) in [6.07, 6.45) is 26.5. The molecule has 28 heavy (non-hydrogen) atoms. The lowest BCUT2D eigenvalue weighted by Crippen LogP contribution is -2.27. The molecule has 0 aromatic rings. The Balaban J connectivity index is 3.30. The van der Waals surface area contributed by atoms with Crippen molar-refractivity contribution in [1.29, 1.82) is 0 Å². The van der Waals surface area contributed by atoms with Gasteiger partial charge in [-0.15, -0.1) is 0 Å². The topological polar surface area (TPSA) is 12.5 Å². The Morgan fingerprint density at radius 2 is 1.29 bits per heavy atom. The largest absolute Gasteiger partial charge is 0.378 e. The number of allylic oxidation sites excluding steroid dienone is 4. The van der Waals surface area contributed by atoms with E-state index in [1.54, 1.807) is 0 Å². The fourth-order valence-electron chi connectivity index (χ4n) is 3.36. The van der Waals surface area contributed by atoms with Gasteiger partial charge >= 0.3 is 0 Å². The molecule has 1 unspecified atom stereocenters. The third-order valence-electron chi connectivity index (χ3n) is 5.49. The zero-order chi connectivity index (χ0) is 20.7. The summed E-state index contributed by atoms with van der Waals surface area (Å²) >= 11 is 0. The molecule has 0 saturated heterocycles. The Morgan fingerprint density at radius 1 is 0.714 bits per heavy atom. The van der Waals surface area contributed by atoms with E-state index in [2.05, 4.69) is 56.9 Å². The minimum atomic E-state index is 0.401. The zero-order valence-electron chi connectivity index (χ0n) is 19.8. The van der Waals surface area contributed by atoms with Crippen LogP contribution in [0.25, 0.3) is 0 Å². The maximum Gasteiger partial charge on any atom is 0.0559 e. The molecule has 0 aliphatic rings. The summed E-state index contributed by atoms with van der Waals surface area (Å²) in [7, 11) is 0. The lowest BCUT2D eigenvalue weighted by molar-refractivity contribution is 0.0504. The van der Waals surface area contributed by atoms with Crippen LogP contribution in [-0.4, -0.2) is 37.2 Å². The minimum absolute atomic E-state index is 0.401. The van der Waals surface area contributed by atoms with Crippen molar-refractivity contribution >= 4 is 0 Å². The second-order valence-corrected chi connectivity index (χ2v) is 8.08. The van der Waals surface area contributed by atoms with Crippen LogP contribution in [0.5, 0.6) is 0 Å². The summed E-state index contributed by atoms with van der Waals surface area (Å²) < 4.78 is 5.96. The van der Waals surface area contributed by atoms with Crippen molar-refractivity contribution in [3.05, 3.63) is 24.3 Å². The second-order valence-electron chi connectivity index (χ2n) is 8.08. The number of nitrogens with zero attached hydrogens (tertiary/aromatic N) is 1. The maximum atomic E-state index is 5.96. The zero-order valence-corrected chi connectivity index (χ0v) is 19.8. The van der Waals surface area contributed by atoms with Gasteiger partial charge in [-0.1, -0.05) is 83.6 Å². The van der Waals surface area contributed by atoms with Gasteiger partial charge in [0.2, 0.25) is 0 Å². The van der Waals surface area contributed by atoms with Gasteiger partial charge in [-0.2, -0.15) is 0 Å². The number of hydrogen-bond donors (Lipinski definition) is 0. The second kappa shape index (κ2) is 22.7. The molecule has 0 aliphatic carbocycles. The van der Waals surface area contributed by atoms with Gasteiger partial charge in [0.05, 0.1) is 6.10 Å². The van der Waals surface area contributed by atoms with Crippen LogP contribution in [0.15, 0.2) is 24.3 Å². The van der Waals surface area contributed by atoms with Crippen molar-refractivity contribution in [2.24, 2.45) is 0 Å². The van der Waals surface area contributed by atoms with Crippen molar-refractivity contribution in [2.45, 2.75) is 117 Å². The molecule has 0 amide bonds. The molecule has 0 bridgehead atoms. The lowest BCUT2D eigenvalue weighted by atomic mass is 10.1. The molecule has 0 fully saturated rings. The van der Waals surface area contributed by atoms with Gasteiger partial charge in [0, 0.05) is 13.2 Å². The standard InChI is InChI=1S/C26H51NO/c1-5-8-9-10-11-12-13-14-15-16-17-18-19-20-21-22-25-28-26(4)23-24-27(6-2)7-3/h11-12,14-15,26H,5-10,13,16-25H2,1-4H3/b12-11-,15-14-. The van der Waals surface area contributed by atoms with Crippen LogP contribution in [0, 0.1) is 0 Å². The monoisotopic (exact) mass is 393 g/mol. The van der Waals surface area contributed by atoms with E-state index in [4.69, 9.17) is 4.74 Å². The fraction of sp³-hybridized carbons (Fsp3) is 0.846. The molecule has 2 nitrogen and oxygen atoms in total. The molecule has 1 atom stereocenters. The summed E-state index contributed by atoms with van der Waals surface area (Å²) in [5.41, 5.74) is 0. The van der Waals surface area contributed by atoms with Gasteiger partial charge in [0.15, 0.2) is 0 Å².